The molecule has 0 saturated heterocycles. The number of hydrogen-bond donors (Lipinski definition) is 2. The zero-order chi connectivity index (χ0) is 14.6. The van der Waals surface area contributed by atoms with Gasteiger partial charge in [-0.3, -0.25) is 4.79 Å². The van der Waals surface area contributed by atoms with Gasteiger partial charge in [0.25, 0.3) is 5.91 Å². The van der Waals surface area contributed by atoms with E-state index in [-0.39, 0.29) is 5.91 Å². The number of benzene rings is 1. The van der Waals surface area contributed by atoms with Crippen molar-refractivity contribution < 1.29 is 9.90 Å². The quantitative estimate of drug-likeness (QED) is 0.858. The van der Waals surface area contributed by atoms with E-state index in [0.717, 1.165) is 22.3 Å². The molecule has 0 bridgehead atoms. The van der Waals surface area contributed by atoms with Gasteiger partial charge < -0.3 is 10.4 Å². The van der Waals surface area contributed by atoms with Gasteiger partial charge >= 0.3 is 0 Å². The van der Waals surface area contributed by atoms with Crippen molar-refractivity contribution >= 4 is 5.91 Å². The van der Waals surface area contributed by atoms with Gasteiger partial charge in [-0.2, -0.15) is 0 Å². The summed E-state index contributed by atoms with van der Waals surface area (Å²) in [7, 11) is 0. The van der Waals surface area contributed by atoms with Crippen LogP contribution in [0.15, 0.2) is 12.1 Å². The van der Waals surface area contributed by atoms with E-state index in [4.69, 9.17) is 0 Å². The number of hydrogen-bond acceptors (Lipinski definition) is 2. The van der Waals surface area contributed by atoms with Crippen LogP contribution >= 0.6 is 0 Å². The van der Waals surface area contributed by atoms with E-state index >= 15 is 0 Å². The fourth-order valence-electron chi connectivity index (χ4n) is 2.37. The summed E-state index contributed by atoms with van der Waals surface area (Å²) in [5.41, 5.74) is 3.03. The summed E-state index contributed by atoms with van der Waals surface area (Å²) >= 11 is 0. The highest BCUT2D eigenvalue weighted by atomic mass is 16.3. The molecule has 0 aliphatic heterocycles. The maximum Gasteiger partial charge on any atom is 0.251 e. The smallest absolute Gasteiger partial charge is 0.251 e. The molecule has 0 aliphatic carbocycles. The van der Waals surface area contributed by atoms with E-state index in [2.05, 4.69) is 5.32 Å². The maximum absolute atomic E-state index is 12.3. The highest BCUT2D eigenvalue weighted by Crippen LogP contribution is 2.17. The molecule has 0 aliphatic rings. The fraction of sp³-hybridized carbons (Fsp3) is 0.562. The Morgan fingerprint density at radius 1 is 1.16 bits per heavy atom. The molecule has 0 atom stereocenters. The zero-order valence-corrected chi connectivity index (χ0v) is 12.6. The summed E-state index contributed by atoms with van der Waals surface area (Å²) in [6.45, 7) is 10.1. The van der Waals surface area contributed by atoms with Crippen LogP contribution in [-0.4, -0.2) is 23.2 Å². The number of aryl methyl sites for hydroxylation is 3. The van der Waals surface area contributed by atoms with Crippen LogP contribution in [0.1, 0.15) is 53.7 Å². The zero-order valence-electron chi connectivity index (χ0n) is 12.6. The summed E-state index contributed by atoms with van der Waals surface area (Å²) in [5.74, 6) is -0.102. The van der Waals surface area contributed by atoms with Crippen LogP contribution in [0.4, 0.5) is 0 Å². The Hall–Kier alpha value is -1.35. The van der Waals surface area contributed by atoms with Gasteiger partial charge in [0.15, 0.2) is 0 Å². The summed E-state index contributed by atoms with van der Waals surface area (Å²) < 4.78 is 0. The standard InChI is InChI=1S/C16H25NO2/c1-6-16(19,7-2)10-17-15(18)14-12(4)8-11(3)9-13(14)5/h8-9,19H,6-7,10H2,1-5H3,(H,17,18). The maximum atomic E-state index is 12.3. The molecule has 1 rings (SSSR count). The van der Waals surface area contributed by atoms with Crippen molar-refractivity contribution in [3.63, 3.8) is 0 Å². The molecule has 0 radical (unpaired) electrons. The minimum Gasteiger partial charge on any atom is -0.388 e. The van der Waals surface area contributed by atoms with E-state index in [1.807, 2.05) is 46.8 Å². The molecule has 1 aromatic carbocycles. The third kappa shape index (κ3) is 3.80. The lowest BCUT2D eigenvalue weighted by Crippen LogP contribution is -2.42. The molecular weight excluding hydrogens is 238 g/mol. The van der Waals surface area contributed by atoms with E-state index < -0.39 is 5.60 Å². The van der Waals surface area contributed by atoms with Crippen LogP contribution in [0.3, 0.4) is 0 Å². The average molecular weight is 263 g/mol. The highest BCUT2D eigenvalue weighted by Gasteiger charge is 2.23. The molecular formula is C16H25NO2. The number of amides is 1. The molecule has 1 aromatic rings. The van der Waals surface area contributed by atoms with Gasteiger partial charge in [-0.05, 0) is 44.7 Å². The number of carbonyl (C=O) groups excluding carboxylic acids is 1. The largest absolute Gasteiger partial charge is 0.388 e. The lowest BCUT2D eigenvalue weighted by Gasteiger charge is -2.25. The van der Waals surface area contributed by atoms with Crippen LogP contribution in [-0.2, 0) is 0 Å². The van der Waals surface area contributed by atoms with Crippen molar-refractivity contribution in [1.29, 1.82) is 0 Å². The Kier molecular flexibility index (Phi) is 5.12. The first-order valence-electron chi connectivity index (χ1n) is 6.91. The van der Waals surface area contributed by atoms with Gasteiger partial charge in [0.05, 0.1) is 5.60 Å². The topological polar surface area (TPSA) is 49.3 Å². The van der Waals surface area contributed by atoms with Gasteiger partial charge in [-0.25, -0.2) is 0 Å². The van der Waals surface area contributed by atoms with Crippen LogP contribution < -0.4 is 5.32 Å². The Balaban J connectivity index is 2.85. The minimum atomic E-state index is -0.803. The monoisotopic (exact) mass is 263 g/mol. The first kappa shape index (κ1) is 15.7. The molecule has 0 unspecified atom stereocenters. The SMILES string of the molecule is CCC(O)(CC)CNC(=O)c1c(C)cc(C)cc1C. The Labute approximate surface area is 116 Å². The highest BCUT2D eigenvalue weighted by molar-refractivity contribution is 5.97. The van der Waals surface area contributed by atoms with Crippen molar-refractivity contribution in [2.45, 2.75) is 53.1 Å². The second kappa shape index (κ2) is 6.20. The van der Waals surface area contributed by atoms with E-state index in [0.29, 0.717) is 19.4 Å². The molecule has 3 nitrogen and oxygen atoms in total. The molecule has 19 heavy (non-hydrogen) atoms. The summed E-state index contributed by atoms with van der Waals surface area (Å²) in [6.07, 6.45) is 1.27. The second-order valence-corrected chi connectivity index (χ2v) is 5.39. The van der Waals surface area contributed by atoms with Crippen molar-refractivity contribution in [1.82, 2.24) is 5.32 Å². The van der Waals surface area contributed by atoms with Crippen molar-refractivity contribution in [2.75, 3.05) is 6.54 Å². The molecule has 0 spiro atoms. The van der Waals surface area contributed by atoms with Crippen LogP contribution in [0, 0.1) is 20.8 Å². The van der Waals surface area contributed by atoms with Crippen LogP contribution in [0.5, 0.6) is 0 Å². The summed E-state index contributed by atoms with van der Waals surface area (Å²) in [5, 5.41) is 13.0. The lowest BCUT2D eigenvalue weighted by atomic mass is 9.96. The predicted octanol–water partition coefficient (Wildman–Crippen LogP) is 2.89. The minimum absolute atomic E-state index is 0.102. The molecule has 2 N–H and O–H groups in total. The van der Waals surface area contributed by atoms with Crippen molar-refractivity contribution in [3.8, 4) is 0 Å². The first-order chi connectivity index (χ1) is 8.83. The number of carbonyl (C=O) groups is 1. The predicted molar refractivity (Wildman–Crippen MR) is 78.5 cm³/mol. The van der Waals surface area contributed by atoms with E-state index in [9.17, 15) is 9.90 Å². The molecule has 1 amide bonds. The fourth-order valence-corrected chi connectivity index (χ4v) is 2.37. The van der Waals surface area contributed by atoms with Crippen LogP contribution in [0.25, 0.3) is 0 Å². The number of aliphatic hydroxyl groups is 1. The second-order valence-electron chi connectivity index (χ2n) is 5.39. The Morgan fingerprint density at radius 3 is 2.05 bits per heavy atom. The van der Waals surface area contributed by atoms with Gasteiger partial charge in [0, 0.05) is 12.1 Å². The van der Waals surface area contributed by atoms with Gasteiger partial charge in [0.1, 0.15) is 0 Å². The molecule has 0 aromatic heterocycles. The normalized spacial score (nSPS) is 11.5. The Morgan fingerprint density at radius 2 is 1.63 bits per heavy atom. The van der Waals surface area contributed by atoms with Gasteiger partial charge in [-0.1, -0.05) is 31.5 Å². The molecule has 106 valence electrons. The molecule has 0 heterocycles. The van der Waals surface area contributed by atoms with E-state index in [1.165, 1.54) is 0 Å². The summed E-state index contributed by atoms with van der Waals surface area (Å²) in [6, 6.07) is 4.02. The molecule has 0 saturated carbocycles. The van der Waals surface area contributed by atoms with Gasteiger partial charge in [-0.15, -0.1) is 0 Å². The average Bonchev–Trinajstić information content (AvgIpc) is 2.34. The van der Waals surface area contributed by atoms with Crippen LogP contribution in [0.2, 0.25) is 0 Å². The number of nitrogens with one attached hydrogen (secondary N) is 1. The first-order valence-corrected chi connectivity index (χ1v) is 6.91. The van der Waals surface area contributed by atoms with E-state index in [1.54, 1.807) is 0 Å². The van der Waals surface area contributed by atoms with Crippen molar-refractivity contribution in [3.05, 3.63) is 34.4 Å². The lowest BCUT2D eigenvalue weighted by molar-refractivity contribution is 0.0313. The third-order valence-electron chi connectivity index (χ3n) is 3.80. The third-order valence-corrected chi connectivity index (χ3v) is 3.80. The van der Waals surface area contributed by atoms with Crippen molar-refractivity contribution in [2.24, 2.45) is 0 Å². The summed E-state index contributed by atoms with van der Waals surface area (Å²) in [4.78, 5) is 12.3. The number of rotatable bonds is 5. The van der Waals surface area contributed by atoms with Gasteiger partial charge in [0.2, 0.25) is 0 Å². The Bertz CT molecular complexity index is 439. The molecule has 3 heteroatoms. The molecule has 0 fully saturated rings.